The van der Waals surface area contributed by atoms with E-state index in [1.54, 1.807) is 55.7 Å². The molecule has 2 aromatic rings. The Bertz CT molecular complexity index is 894. The van der Waals surface area contributed by atoms with Gasteiger partial charge in [0, 0.05) is 24.6 Å². The fourth-order valence-corrected chi connectivity index (χ4v) is 2.58. The number of carbonyl (C=O) groups excluding carboxylic acids is 3. The molecule has 1 atom stereocenters. The topological polar surface area (TPSA) is 133 Å². The van der Waals surface area contributed by atoms with E-state index in [9.17, 15) is 14.4 Å². The lowest BCUT2D eigenvalue weighted by Gasteiger charge is -2.19. The minimum atomic E-state index is -0.625. The number of esters is 1. The molecule has 0 aliphatic heterocycles. The lowest BCUT2D eigenvalue weighted by Crippen LogP contribution is -2.36. The second kappa shape index (κ2) is 11.8. The first-order valence-electron chi connectivity index (χ1n) is 9.41. The summed E-state index contributed by atoms with van der Waals surface area (Å²) in [7, 11) is 0. The molecule has 0 saturated carbocycles. The Morgan fingerprint density at radius 3 is 2.60 bits per heavy atom. The van der Waals surface area contributed by atoms with Gasteiger partial charge < -0.3 is 20.7 Å². The Balaban J connectivity index is 1.95. The van der Waals surface area contributed by atoms with Crippen molar-refractivity contribution in [2.24, 2.45) is 0 Å². The largest absolute Gasteiger partial charge is 0.466 e. The maximum atomic E-state index is 12.4. The summed E-state index contributed by atoms with van der Waals surface area (Å²) in [4.78, 5) is 40.1. The van der Waals surface area contributed by atoms with E-state index in [0.29, 0.717) is 16.8 Å². The van der Waals surface area contributed by atoms with Crippen LogP contribution in [0.4, 0.5) is 10.5 Å². The highest BCUT2D eigenvalue weighted by atomic mass is 16.5. The van der Waals surface area contributed by atoms with Gasteiger partial charge >= 0.3 is 12.0 Å². The van der Waals surface area contributed by atoms with Crippen molar-refractivity contribution >= 4 is 23.6 Å². The average molecular weight is 409 g/mol. The van der Waals surface area contributed by atoms with Gasteiger partial charge in [-0.2, -0.15) is 5.26 Å². The molecule has 30 heavy (non-hydrogen) atoms. The maximum absolute atomic E-state index is 12.4. The zero-order chi connectivity index (χ0) is 21.8. The first-order valence-corrected chi connectivity index (χ1v) is 9.41. The summed E-state index contributed by atoms with van der Waals surface area (Å²) in [6.07, 6.45) is 3.20. The number of urea groups is 1. The van der Waals surface area contributed by atoms with Crippen molar-refractivity contribution in [2.75, 3.05) is 18.5 Å². The molecule has 9 heteroatoms. The van der Waals surface area contributed by atoms with Crippen LogP contribution in [0.1, 0.15) is 36.9 Å². The molecule has 0 unspecified atom stereocenters. The first kappa shape index (κ1) is 22.4. The van der Waals surface area contributed by atoms with Gasteiger partial charge in [0.05, 0.1) is 37.1 Å². The summed E-state index contributed by atoms with van der Waals surface area (Å²) in [5.74, 6) is -0.714. The Morgan fingerprint density at radius 2 is 1.97 bits per heavy atom. The van der Waals surface area contributed by atoms with Crippen LogP contribution in [0, 0.1) is 11.3 Å². The number of anilines is 1. The number of hydrogen-bond donors (Lipinski definition) is 3. The molecule has 0 fully saturated rings. The predicted molar refractivity (Wildman–Crippen MR) is 109 cm³/mol. The number of nitrogens with one attached hydrogen (secondary N) is 3. The van der Waals surface area contributed by atoms with Crippen molar-refractivity contribution in [1.29, 1.82) is 5.26 Å². The number of rotatable bonds is 9. The highest BCUT2D eigenvalue weighted by molar-refractivity contribution is 5.90. The van der Waals surface area contributed by atoms with E-state index >= 15 is 0 Å². The van der Waals surface area contributed by atoms with Crippen molar-refractivity contribution in [3.63, 3.8) is 0 Å². The second-order valence-corrected chi connectivity index (χ2v) is 6.24. The van der Waals surface area contributed by atoms with Gasteiger partial charge in [-0.1, -0.05) is 6.07 Å². The van der Waals surface area contributed by atoms with Gasteiger partial charge in [0.1, 0.15) is 0 Å². The van der Waals surface area contributed by atoms with Crippen molar-refractivity contribution in [1.82, 2.24) is 15.6 Å². The molecular formula is C21H23N5O4. The van der Waals surface area contributed by atoms with E-state index in [1.807, 2.05) is 6.07 Å². The smallest absolute Gasteiger partial charge is 0.319 e. The van der Waals surface area contributed by atoms with Crippen LogP contribution in [0.15, 0.2) is 48.8 Å². The minimum Gasteiger partial charge on any atom is -0.466 e. The number of benzene rings is 1. The van der Waals surface area contributed by atoms with E-state index in [2.05, 4.69) is 20.9 Å². The van der Waals surface area contributed by atoms with Crippen molar-refractivity contribution in [3.8, 4) is 6.07 Å². The Labute approximate surface area is 174 Å². The average Bonchev–Trinajstić information content (AvgIpc) is 2.74. The third-order valence-electron chi connectivity index (χ3n) is 4.01. The molecule has 1 aromatic carbocycles. The Morgan fingerprint density at radius 1 is 1.20 bits per heavy atom. The lowest BCUT2D eigenvalue weighted by atomic mass is 10.1. The second-order valence-electron chi connectivity index (χ2n) is 6.24. The Hall–Kier alpha value is -3.93. The third-order valence-corrected chi connectivity index (χ3v) is 4.01. The zero-order valence-corrected chi connectivity index (χ0v) is 16.6. The molecule has 1 heterocycles. The highest BCUT2D eigenvalue weighted by Gasteiger charge is 2.19. The van der Waals surface area contributed by atoms with Crippen LogP contribution >= 0.6 is 0 Å². The molecule has 2 rings (SSSR count). The molecule has 156 valence electrons. The number of amides is 3. The number of ether oxygens (including phenoxy) is 1. The fourth-order valence-electron chi connectivity index (χ4n) is 2.58. The summed E-state index contributed by atoms with van der Waals surface area (Å²) >= 11 is 0. The molecular weight excluding hydrogens is 386 g/mol. The molecule has 0 aliphatic rings. The normalized spacial score (nSPS) is 10.9. The van der Waals surface area contributed by atoms with Gasteiger partial charge in [0.2, 0.25) is 5.91 Å². The van der Waals surface area contributed by atoms with Crippen molar-refractivity contribution < 1.29 is 19.1 Å². The van der Waals surface area contributed by atoms with Gasteiger partial charge in [-0.05, 0) is 42.8 Å². The van der Waals surface area contributed by atoms with Crippen LogP contribution in [0.3, 0.4) is 0 Å². The SMILES string of the molecule is CCOC(=O)CCNC(=O)C[C@H](NC(=O)Nc1ccc(C#N)cc1)c1cccnc1. The van der Waals surface area contributed by atoms with Crippen LogP contribution in [0.5, 0.6) is 0 Å². The summed E-state index contributed by atoms with van der Waals surface area (Å²) in [5.41, 5.74) is 1.65. The van der Waals surface area contributed by atoms with Gasteiger partial charge in [0.15, 0.2) is 0 Å². The number of pyridine rings is 1. The number of hydrogen-bond acceptors (Lipinski definition) is 6. The number of carbonyl (C=O) groups is 3. The molecule has 0 aliphatic carbocycles. The number of nitrogens with zero attached hydrogens (tertiary/aromatic N) is 2. The van der Waals surface area contributed by atoms with Gasteiger partial charge in [0.25, 0.3) is 0 Å². The molecule has 0 saturated heterocycles. The molecule has 3 N–H and O–H groups in total. The monoisotopic (exact) mass is 409 g/mol. The van der Waals surface area contributed by atoms with Gasteiger partial charge in [-0.3, -0.25) is 14.6 Å². The lowest BCUT2D eigenvalue weighted by molar-refractivity contribution is -0.143. The molecule has 0 spiro atoms. The third kappa shape index (κ3) is 7.59. The Kier molecular flexibility index (Phi) is 8.80. The van der Waals surface area contributed by atoms with Crippen LogP contribution in [0.25, 0.3) is 0 Å². The number of nitriles is 1. The molecule has 1 aromatic heterocycles. The summed E-state index contributed by atoms with van der Waals surface area (Å²) in [5, 5.41) is 16.9. The van der Waals surface area contributed by atoms with E-state index in [-0.39, 0.29) is 37.9 Å². The maximum Gasteiger partial charge on any atom is 0.319 e. The zero-order valence-electron chi connectivity index (χ0n) is 16.6. The first-order chi connectivity index (χ1) is 14.5. The van der Waals surface area contributed by atoms with E-state index in [1.165, 1.54) is 0 Å². The standard InChI is InChI=1S/C21H23N5O4/c1-2-30-20(28)9-11-24-19(27)12-18(16-4-3-10-23-14-16)26-21(29)25-17-7-5-15(13-22)6-8-17/h3-8,10,14,18H,2,9,11-12H2,1H3,(H,24,27)(H2,25,26,29)/t18-/m0/s1. The van der Waals surface area contributed by atoms with Crippen molar-refractivity contribution in [2.45, 2.75) is 25.8 Å². The summed E-state index contributed by atoms with van der Waals surface area (Å²) < 4.78 is 4.82. The molecule has 9 nitrogen and oxygen atoms in total. The van der Waals surface area contributed by atoms with Crippen molar-refractivity contribution in [3.05, 3.63) is 59.9 Å². The van der Waals surface area contributed by atoms with E-state index in [4.69, 9.17) is 10.00 Å². The quantitative estimate of drug-likeness (QED) is 0.544. The minimum absolute atomic E-state index is 0.0324. The molecule has 0 radical (unpaired) electrons. The highest BCUT2D eigenvalue weighted by Crippen LogP contribution is 2.16. The van der Waals surface area contributed by atoms with Crippen LogP contribution in [-0.4, -0.2) is 36.0 Å². The summed E-state index contributed by atoms with van der Waals surface area (Å²) in [6.45, 7) is 2.15. The fraction of sp³-hybridized carbons (Fsp3) is 0.286. The predicted octanol–water partition coefficient (Wildman–Crippen LogP) is 2.28. The van der Waals surface area contributed by atoms with Crippen LogP contribution in [0.2, 0.25) is 0 Å². The van der Waals surface area contributed by atoms with E-state index in [0.717, 1.165) is 0 Å². The summed E-state index contributed by atoms with van der Waals surface area (Å²) in [6, 6.07) is 10.7. The van der Waals surface area contributed by atoms with Gasteiger partial charge in [-0.15, -0.1) is 0 Å². The van der Waals surface area contributed by atoms with Crippen LogP contribution in [-0.2, 0) is 14.3 Å². The number of aromatic nitrogens is 1. The van der Waals surface area contributed by atoms with E-state index < -0.39 is 12.1 Å². The van der Waals surface area contributed by atoms with Gasteiger partial charge in [-0.25, -0.2) is 4.79 Å². The van der Waals surface area contributed by atoms with Crippen LogP contribution < -0.4 is 16.0 Å². The molecule has 0 bridgehead atoms. The molecule has 3 amide bonds.